The molecule has 0 aliphatic heterocycles. The number of rotatable bonds is 19. The zero-order valence-corrected chi connectivity index (χ0v) is 32.7. The first-order chi connectivity index (χ1) is 22.3. The molecular weight excluding hydrogens is 617 g/mol. The van der Waals surface area contributed by atoms with Crippen molar-refractivity contribution in [2.24, 2.45) is 11.3 Å². The summed E-state index contributed by atoms with van der Waals surface area (Å²) >= 11 is 0. The third-order valence-corrected chi connectivity index (χ3v) is 19.9. The fraction of sp³-hybridized carbons (Fsp3) is 0.525. The summed E-state index contributed by atoms with van der Waals surface area (Å²) in [6, 6.07) is 32.7. The summed E-state index contributed by atoms with van der Waals surface area (Å²) in [7, 11) is -3.24. The van der Waals surface area contributed by atoms with Crippen molar-refractivity contribution in [3.05, 3.63) is 90.5 Å². The van der Waals surface area contributed by atoms with Gasteiger partial charge in [0.15, 0.2) is 8.32 Å². The Labute approximate surface area is 287 Å². The fourth-order valence-electron chi connectivity index (χ4n) is 6.77. The predicted molar refractivity (Wildman–Crippen MR) is 201 cm³/mol. The van der Waals surface area contributed by atoms with Gasteiger partial charge in [0, 0.05) is 11.3 Å². The molecule has 0 aliphatic rings. The second kappa shape index (κ2) is 17.2. The molecule has 0 unspecified atom stereocenters. The number of methoxy groups -OCH3 is 1. The van der Waals surface area contributed by atoms with Gasteiger partial charge in [-0.3, -0.25) is 0 Å². The maximum absolute atomic E-state index is 12.0. The van der Waals surface area contributed by atoms with Crippen LogP contribution in [0.5, 0.6) is 5.75 Å². The summed E-state index contributed by atoms with van der Waals surface area (Å²) in [5.41, 5.74) is 0.596. The molecule has 0 bridgehead atoms. The highest BCUT2D eigenvalue weighted by Crippen LogP contribution is 2.41. The smallest absolute Gasteiger partial charge is 0.261 e. The normalized spacial score (nSPS) is 14.8. The molecule has 0 N–H and O–H groups in total. The summed E-state index contributed by atoms with van der Waals surface area (Å²) in [6.07, 6.45) is 1.16. The van der Waals surface area contributed by atoms with Crippen LogP contribution in [0.4, 0.5) is 0 Å². The number of carbonyl (C=O) groups excluding carboxylic acids is 1. The molecule has 0 aromatic heterocycles. The maximum atomic E-state index is 12.0. The van der Waals surface area contributed by atoms with Gasteiger partial charge in [0.25, 0.3) is 8.32 Å². The van der Waals surface area contributed by atoms with Crippen LogP contribution in [0, 0.1) is 11.3 Å². The van der Waals surface area contributed by atoms with Crippen molar-refractivity contribution < 1.29 is 23.1 Å². The minimum absolute atomic E-state index is 0.154. The lowest BCUT2D eigenvalue weighted by Gasteiger charge is -2.48. The van der Waals surface area contributed by atoms with Crippen molar-refractivity contribution >= 4 is 33.3 Å². The van der Waals surface area contributed by atoms with E-state index in [4.69, 9.17) is 18.3 Å². The number of hydrogen-bond acceptors (Lipinski definition) is 5. The van der Waals surface area contributed by atoms with Gasteiger partial charge >= 0.3 is 0 Å². The molecule has 0 aliphatic carbocycles. The van der Waals surface area contributed by atoms with Gasteiger partial charge in [-0.05, 0) is 57.7 Å². The van der Waals surface area contributed by atoms with Gasteiger partial charge in [-0.2, -0.15) is 0 Å². The van der Waals surface area contributed by atoms with Gasteiger partial charge in [-0.1, -0.05) is 135 Å². The van der Waals surface area contributed by atoms with E-state index in [1.165, 1.54) is 10.4 Å². The van der Waals surface area contributed by atoms with Crippen LogP contribution >= 0.6 is 0 Å². The molecule has 3 aromatic carbocycles. The Hall–Kier alpha value is -2.56. The Kier molecular flexibility index (Phi) is 14.2. The van der Waals surface area contributed by atoms with Crippen LogP contribution in [0.25, 0.3) is 0 Å². The van der Waals surface area contributed by atoms with Crippen LogP contribution in [-0.4, -0.2) is 48.8 Å². The minimum atomic E-state index is -2.82. The van der Waals surface area contributed by atoms with E-state index < -0.39 is 22.0 Å². The second-order valence-corrected chi connectivity index (χ2v) is 23.7. The van der Waals surface area contributed by atoms with Gasteiger partial charge in [-0.25, -0.2) is 0 Å². The van der Waals surface area contributed by atoms with E-state index in [0.717, 1.165) is 35.7 Å². The Morgan fingerprint density at radius 3 is 1.68 bits per heavy atom. The van der Waals surface area contributed by atoms with E-state index in [-0.39, 0.29) is 23.2 Å². The molecule has 0 saturated carbocycles. The molecule has 5 nitrogen and oxygen atoms in total. The average Bonchev–Trinajstić information content (AvgIpc) is 3.08. The van der Waals surface area contributed by atoms with Gasteiger partial charge in [-0.15, -0.1) is 0 Å². The van der Waals surface area contributed by atoms with E-state index >= 15 is 0 Å². The molecule has 3 rings (SSSR count). The fourth-order valence-corrected chi connectivity index (χ4v) is 14.3. The van der Waals surface area contributed by atoms with Crippen LogP contribution in [-0.2, 0) is 25.0 Å². The van der Waals surface area contributed by atoms with Crippen molar-refractivity contribution in [2.75, 3.05) is 13.7 Å². The Morgan fingerprint density at radius 1 is 0.745 bits per heavy atom. The first kappa shape index (κ1) is 38.9. The average molecular weight is 677 g/mol. The first-order valence-corrected chi connectivity index (χ1v) is 21.9. The Morgan fingerprint density at radius 2 is 1.26 bits per heavy atom. The van der Waals surface area contributed by atoms with Crippen molar-refractivity contribution in [3.63, 3.8) is 0 Å². The number of ether oxygens (including phenoxy) is 2. The molecule has 0 saturated heterocycles. The maximum Gasteiger partial charge on any atom is 0.261 e. The molecule has 0 spiro atoms. The number of carbonyl (C=O) groups is 1. The Bertz CT molecular complexity index is 1290. The van der Waals surface area contributed by atoms with Gasteiger partial charge < -0.3 is 23.1 Å². The van der Waals surface area contributed by atoms with Crippen LogP contribution in [0.15, 0.2) is 84.9 Å². The van der Waals surface area contributed by atoms with E-state index in [1.54, 1.807) is 7.11 Å². The zero-order valence-electron chi connectivity index (χ0n) is 30.7. The van der Waals surface area contributed by atoms with Crippen LogP contribution in [0.3, 0.4) is 0 Å². The largest absolute Gasteiger partial charge is 0.497 e. The van der Waals surface area contributed by atoms with E-state index in [9.17, 15) is 4.79 Å². The molecule has 0 radical (unpaired) electrons. The third kappa shape index (κ3) is 9.33. The highest BCUT2D eigenvalue weighted by molar-refractivity contribution is 6.99. The number of benzene rings is 3. The van der Waals surface area contributed by atoms with E-state index in [1.807, 2.05) is 31.2 Å². The summed E-state index contributed by atoms with van der Waals surface area (Å²) in [4.78, 5) is 12.0. The zero-order chi connectivity index (χ0) is 34.7. The summed E-state index contributed by atoms with van der Waals surface area (Å²) in [6.45, 7) is 21.1. The van der Waals surface area contributed by atoms with Crippen molar-refractivity contribution in [1.29, 1.82) is 0 Å². The SMILES string of the molecule is CC[Si](CC)(CC)O[C@H](CO[Si](c1ccccc1)(c1ccccc1)C(C)(C)C)C(C)(C)[C@@H](C[C@@H](C)C=O)OCc1ccc(OC)cc1. The summed E-state index contributed by atoms with van der Waals surface area (Å²) < 4.78 is 27.2. The quantitative estimate of drug-likeness (QED) is 0.0939. The highest BCUT2D eigenvalue weighted by atomic mass is 28.4. The molecule has 3 aromatic rings. The summed E-state index contributed by atoms with van der Waals surface area (Å²) in [5.74, 6) is 0.660. The molecule has 47 heavy (non-hydrogen) atoms. The minimum Gasteiger partial charge on any atom is -0.497 e. The topological polar surface area (TPSA) is 54.0 Å². The number of aldehydes is 1. The molecule has 258 valence electrons. The van der Waals surface area contributed by atoms with Crippen molar-refractivity contribution in [1.82, 2.24) is 0 Å². The van der Waals surface area contributed by atoms with Crippen LogP contribution in [0.1, 0.15) is 74.3 Å². The molecule has 7 heteroatoms. The number of hydrogen-bond donors (Lipinski definition) is 0. The van der Waals surface area contributed by atoms with E-state index in [0.29, 0.717) is 19.6 Å². The first-order valence-electron chi connectivity index (χ1n) is 17.4. The molecule has 3 atom stereocenters. The lowest BCUT2D eigenvalue weighted by Crippen LogP contribution is -2.67. The van der Waals surface area contributed by atoms with Gasteiger partial charge in [0.05, 0.1) is 32.5 Å². The molecule has 0 amide bonds. The second-order valence-electron chi connectivity index (χ2n) is 14.6. The van der Waals surface area contributed by atoms with E-state index in [2.05, 4.69) is 116 Å². The standard InChI is InChI=1S/C40H60O5Si2/c1-11-46(12-2,13-3)45-38(40(8,9)37(28-32(4)29-41)43-30-33-24-26-34(42-10)27-25-33)31-44-47(39(5,6)7,35-20-16-14-17-21-35)36-22-18-15-19-23-36/h14-27,29,32,37-38H,11-13,28,30-31H2,1-10H3/t32-,37-,38-/m1/s1. The molecule has 0 fully saturated rings. The van der Waals surface area contributed by atoms with Crippen LogP contribution in [0.2, 0.25) is 23.2 Å². The third-order valence-electron chi connectivity index (χ3n) is 10.3. The van der Waals surface area contributed by atoms with Gasteiger partial charge in [0.1, 0.15) is 12.0 Å². The lowest BCUT2D eigenvalue weighted by atomic mass is 9.77. The Balaban J connectivity index is 2.12. The van der Waals surface area contributed by atoms with Crippen molar-refractivity contribution in [2.45, 2.75) is 111 Å². The van der Waals surface area contributed by atoms with Crippen molar-refractivity contribution in [3.8, 4) is 5.75 Å². The predicted octanol–water partition coefficient (Wildman–Crippen LogP) is 8.80. The highest BCUT2D eigenvalue weighted by Gasteiger charge is 2.52. The summed E-state index contributed by atoms with van der Waals surface area (Å²) in [5, 5.41) is 2.35. The lowest BCUT2D eigenvalue weighted by molar-refractivity contribution is -0.120. The van der Waals surface area contributed by atoms with Crippen LogP contribution < -0.4 is 15.1 Å². The van der Waals surface area contributed by atoms with Gasteiger partial charge in [0.2, 0.25) is 0 Å². The molecular formula is C40H60O5Si2. The molecule has 0 heterocycles. The monoisotopic (exact) mass is 676 g/mol.